The predicted octanol–water partition coefficient (Wildman–Crippen LogP) is 1.78. The van der Waals surface area contributed by atoms with Crippen LogP contribution in [0, 0.1) is 13.8 Å². The Hall–Kier alpha value is -0.570. The van der Waals surface area contributed by atoms with Crippen molar-refractivity contribution in [2.24, 2.45) is 0 Å². The number of hydrogen-bond acceptors (Lipinski definition) is 3. The van der Waals surface area contributed by atoms with Crippen LogP contribution >= 0.6 is 15.9 Å². The summed E-state index contributed by atoms with van der Waals surface area (Å²) in [6, 6.07) is 4.77. The van der Waals surface area contributed by atoms with Crippen LogP contribution in [-0.2, 0) is 13.4 Å². The van der Waals surface area contributed by atoms with Gasteiger partial charge in [-0.05, 0) is 35.4 Å². The lowest BCUT2D eigenvalue weighted by Crippen LogP contribution is -2.10. The zero-order chi connectivity index (χ0) is 11.6. The topological polar surface area (TPSA) is 83.8 Å². The lowest BCUT2D eigenvalue weighted by Gasteiger charge is -2.09. The van der Waals surface area contributed by atoms with E-state index in [1.54, 1.807) is 26.0 Å². The highest BCUT2D eigenvalue weighted by atomic mass is 31.2. The van der Waals surface area contributed by atoms with Crippen LogP contribution in [0.1, 0.15) is 11.1 Å². The van der Waals surface area contributed by atoms with Gasteiger partial charge in [0.1, 0.15) is 0 Å². The first-order valence-electron chi connectivity index (χ1n) is 4.10. The standard InChI is InChI=1S/C8H10O5P2/c1-6-4-3-5-8(7(6)2)15(11,12)13-14(9)10/h3-5H,1-2H3,(H-,9,10,11,12)/p+1. The van der Waals surface area contributed by atoms with Gasteiger partial charge in [-0.1, -0.05) is 12.1 Å². The van der Waals surface area contributed by atoms with Crippen molar-refractivity contribution in [2.75, 3.05) is 0 Å². The zero-order valence-electron chi connectivity index (χ0n) is 8.25. The molecule has 2 atom stereocenters. The predicted molar refractivity (Wildman–Crippen MR) is 56.3 cm³/mol. The van der Waals surface area contributed by atoms with Gasteiger partial charge in [0.05, 0.1) is 5.30 Å². The van der Waals surface area contributed by atoms with E-state index in [4.69, 9.17) is 4.89 Å². The van der Waals surface area contributed by atoms with Crippen LogP contribution in [0.15, 0.2) is 18.2 Å². The quantitative estimate of drug-likeness (QED) is 0.797. The number of benzene rings is 1. The Balaban J connectivity index is 3.21. The lowest BCUT2D eigenvalue weighted by atomic mass is 10.1. The molecule has 1 aromatic rings. The van der Waals surface area contributed by atoms with Gasteiger partial charge in [0.25, 0.3) is 0 Å². The Kier molecular flexibility index (Phi) is 3.77. The van der Waals surface area contributed by atoms with E-state index in [2.05, 4.69) is 4.31 Å². The van der Waals surface area contributed by atoms with E-state index >= 15 is 0 Å². The molecule has 82 valence electrons. The summed E-state index contributed by atoms with van der Waals surface area (Å²) in [4.78, 5) is 17.9. The second-order valence-electron chi connectivity index (χ2n) is 3.06. The van der Waals surface area contributed by atoms with Crippen LogP contribution in [0.2, 0.25) is 0 Å². The average molecular weight is 249 g/mol. The van der Waals surface area contributed by atoms with E-state index in [0.717, 1.165) is 5.56 Å². The molecular weight excluding hydrogens is 238 g/mol. The molecule has 0 saturated carbocycles. The third kappa shape index (κ3) is 2.94. The molecule has 15 heavy (non-hydrogen) atoms. The van der Waals surface area contributed by atoms with Crippen molar-refractivity contribution in [3.8, 4) is 0 Å². The molecule has 1 aromatic carbocycles. The average Bonchev–Trinajstić information content (AvgIpc) is 2.07. The molecule has 1 rings (SSSR count). The molecule has 0 aromatic heterocycles. The molecule has 0 saturated heterocycles. The molecule has 0 amide bonds. The van der Waals surface area contributed by atoms with Gasteiger partial charge in [0.15, 0.2) is 0 Å². The maximum atomic E-state index is 11.6. The maximum Gasteiger partial charge on any atom is 0.703 e. The molecule has 0 aliphatic heterocycles. The summed E-state index contributed by atoms with van der Waals surface area (Å²) in [6.45, 7) is 3.43. The summed E-state index contributed by atoms with van der Waals surface area (Å²) in [7, 11) is -7.30. The third-order valence-corrected chi connectivity index (χ3v) is 4.60. The van der Waals surface area contributed by atoms with Crippen LogP contribution in [0.4, 0.5) is 0 Å². The second-order valence-corrected chi connectivity index (χ2v) is 5.71. The van der Waals surface area contributed by atoms with Gasteiger partial charge in [0, 0.05) is 4.57 Å². The van der Waals surface area contributed by atoms with Gasteiger partial charge in [-0.2, -0.15) is 0 Å². The normalized spacial score (nSPS) is 15.9. The molecular formula is C8H11O5P2+. The molecule has 0 bridgehead atoms. The van der Waals surface area contributed by atoms with Gasteiger partial charge in [-0.25, -0.2) is 0 Å². The van der Waals surface area contributed by atoms with Crippen molar-refractivity contribution >= 4 is 21.2 Å². The van der Waals surface area contributed by atoms with Crippen molar-refractivity contribution < 1.29 is 23.2 Å². The summed E-state index contributed by atoms with van der Waals surface area (Å²) in [6.07, 6.45) is 0. The van der Waals surface area contributed by atoms with Crippen molar-refractivity contribution in [2.45, 2.75) is 13.8 Å². The molecule has 0 fully saturated rings. The number of hydrogen-bond donors (Lipinski definition) is 2. The van der Waals surface area contributed by atoms with Crippen molar-refractivity contribution in [3.05, 3.63) is 29.3 Å². The maximum absolute atomic E-state index is 11.6. The first-order chi connectivity index (χ1) is 6.84. The molecule has 2 unspecified atom stereocenters. The van der Waals surface area contributed by atoms with Crippen molar-refractivity contribution in [1.29, 1.82) is 0 Å². The molecule has 5 nitrogen and oxygen atoms in total. The number of aryl methyl sites for hydroxylation is 1. The SMILES string of the molecule is Cc1cccc(P(=O)(O)O[P+](=O)O)c1C. The minimum atomic E-state index is -4.20. The van der Waals surface area contributed by atoms with E-state index in [1.165, 1.54) is 6.07 Å². The first kappa shape index (κ1) is 12.5. The Morgan fingerprint density at radius 3 is 2.53 bits per heavy atom. The molecule has 0 radical (unpaired) electrons. The van der Waals surface area contributed by atoms with Crippen LogP contribution < -0.4 is 5.30 Å². The summed E-state index contributed by atoms with van der Waals surface area (Å²) < 4.78 is 26.1. The minimum absolute atomic E-state index is 0.0555. The molecule has 0 aliphatic carbocycles. The van der Waals surface area contributed by atoms with E-state index in [9.17, 15) is 14.0 Å². The van der Waals surface area contributed by atoms with Gasteiger partial charge in [-0.3, -0.25) is 4.57 Å². The van der Waals surface area contributed by atoms with Crippen LogP contribution in [0.25, 0.3) is 0 Å². The largest absolute Gasteiger partial charge is 0.703 e. The smallest absolute Gasteiger partial charge is 0.318 e. The monoisotopic (exact) mass is 249 g/mol. The summed E-state index contributed by atoms with van der Waals surface area (Å²) in [5.74, 6) is 0. The summed E-state index contributed by atoms with van der Waals surface area (Å²) in [5.41, 5.74) is 1.40. The van der Waals surface area contributed by atoms with Crippen molar-refractivity contribution in [1.82, 2.24) is 0 Å². The fourth-order valence-electron chi connectivity index (χ4n) is 1.18. The Morgan fingerprint density at radius 1 is 1.40 bits per heavy atom. The van der Waals surface area contributed by atoms with Gasteiger partial charge in [-0.15, -0.1) is 4.89 Å². The summed E-state index contributed by atoms with van der Waals surface area (Å²) >= 11 is 0. The third-order valence-electron chi connectivity index (χ3n) is 2.06. The molecule has 0 aliphatic rings. The Labute approximate surface area is 88.2 Å². The lowest BCUT2D eigenvalue weighted by molar-refractivity contribution is 0.359. The first-order valence-corrected chi connectivity index (χ1v) is 6.81. The van der Waals surface area contributed by atoms with Crippen LogP contribution in [-0.4, -0.2) is 9.79 Å². The van der Waals surface area contributed by atoms with E-state index in [1.807, 2.05) is 0 Å². The highest BCUT2D eigenvalue weighted by Gasteiger charge is 2.36. The van der Waals surface area contributed by atoms with Crippen molar-refractivity contribution in [3.63, 3.8) is 0 Å². The second kappa shape index (κ2) is 4.52. The van der Waals surface area contributed by atoms with Gasteiger partial charge < -0.3 is 4.89 Å². The Bertz CT molecular complexity index is 443. The fourth-order valence-corrected chi connectivity index (χ4v) is 3.16. The zero-order valence-corrected chi connectivity index (χ0v) is 10.0. The minimum Gasteiger partial charge on any atom is -0.318 e. The highest BCUT2D eigenvalue weighted by Crippen LogP contribution is 2.49. The molecule has 2 N–H and O–H groups in total. The van der Waals surface area contributed by atoms with Gasteiger partial charge in [0.2, 0.25) is 0 Å². The molecule has 0 heterocycles. The Morgan fingerprint density at radius 2 is 2.00 bits per heavy atom. The molecule has 0 spiro atoms. The molecule has 7 heteroatoms. The van der Waals surface area contributed by atoms with Crippen LogP contribution in [0.3, 0.4) is 0 Å². The van der Waals surface area contributed by atoms with E-state index in [0.29, 0.717) is 5.56 Å². The van der Waals surface area contributed by atoms with Crippen LogP contribution in [0.5, 0.6) is 0 Å². The van der Waals surface area contributed by atoms with Gasteiger partial charge >= 0.3 is 15.9 Å². The summed E-state index contributed by atoms with van der Waals surface area (Å²) in [5, 5.41) is 0.0555. The van der Waals surface area contributed by atoms with E-state index in [-0.39, 0.29) is 5.30 Å². The fraction of sp³-hybridized carbons (Fsp3) is 0.250. The highest BCUT2D eigenvalue weighted by molar-refractivity contribution is 7.66. The van der Waals surface area contributed by atoms with E-state index < -0.39 is 15.9 Å². The number of rotatable bonds is 3.